The van der Waals surface area contributed by atoms with E-state index >= 15 is 0 Å². The van der Waals surface area contributed by atoms with Crippen LogP contribution in [0.3, 0.4) is 0 Å². The third-order valence-corrected chi connectivity index (χ3v) is 3.48. The van der Waals surface area contributed by atoms with E-state index < -0.39 is 0 Å². The molecule has 1 N–H and O–H groups in total. The van der Waals surface area contributed by atoms with Crippen molar-refractivity contribution >= 4 is 11.3 Å². The lowest BCUT2D eigenvalue weighted by Crippen LogP contribution is -2.17. The molecule has 1 aromatic heterocycles. The summed E-state index contributed by atoms with van der Waals surface area (Å²) < 4.78 is 0. The van der Waals surface area contributed by atoms with Gasteiger partial charge in [0.05, 0.1) is 17.7 Å². The van der Waals surface area contributed by atoms with Crippen molar-refractivity contribution in [2.24, 2.45) is 0 Å². The summed E-state index contributed by atoms with van der Waals surface area (Å²) in [5.41, 5.74) is 1.87. The van der Waals surface area contributed by atoms with Gasteiger partial charge < -0.3 is 5.32 Å². The van der Waals surface area contributed by atoms with Gasteiger partial charge in [-0.2, -0.15) is 5.26 Å². The fourth-order valence-corrected chi connectivity index (χ4v) is 2.17. The fraction of sp³-hybridized carbons (Fsp3) is 0.231. The molecule has 0 aliphatic heterocycles. The van der Waals surface area contributed by atoms with Gasteiger partial charge >= 0.3 is 0 Å². The zero-order valence-electron chi connectivity index (χ0n) is 9.55. The highest BCUT2D eigenvalue weighted by atomic mass is 32.1. The van der Waals surface area contributed by atoms with Crippen LogP contribution in [0.25, 0.3) is 0 Å². The maximum absolute atomic E-state index is 8.70. The molecule has 0 radical (unpaired) electrons. The van der Waals surface area contributed by atoms with Gasteiger partial charge in [-0.25, -0.2) is 4.98 Å². The minimum Gasteiger partial charge on any atom is -0.304 e. The van der Waals surface area contributed by atoms with Crippen LogP contribution in [0.5, 0.6) is 0 Å². The summed E-state index contributed by atoms with van der Waals surface area (Å²) in [6.45, 7) is 2.88. The first-order valence-electron chi connectivity index (χ1n) is 5.41. The second-order valence-electron chi connectivity index (χ2n) is 3.78. The Balaban J connectivity index is 1.91. The number of thiazole rings is 1. The van der Waals surface area contributed by atoms with Gasteiger partial charge in [0.15, 0.2) is 0 Å². The van der Waals surface area contributed by atoms with Gasteiger partial charge in [0.2, 0.25) is 0 Å². The third-order valence-electron chi connectivity index (χ3n) is 2.52. The minimum absolute atomic E-state index is 0.255. The van der Waals surface area contributed by atoms with E-state index in [2.05, 4.69) is 23.3 Å². The van der Waals surface area contributed by atoms with Crippen molar-refractivity contribution < 1.29 is 0 Å². The summed E-state index contributed by atoms with van der Waals surface area (Å²) in [7, 11) is 0. The van der Waals surface area contributed by atoms with Gasteiger partial charge in [0, 0.05) is 18.1 Å². The van der Waals surface area contributed by atoms with Crippen LogP contribution in [0.2, 0.25) is 0 Å². The summed E-state index contributed by atoms with van der Waals surface area (Å²) in [6.07, 6.45) is 1.82. The van der Waals surface area contributed by atoms with Crippen LogP contribution in [0.15, 0.2) is 35.8 Å². The maximum Gasteiger partial charge on any atom is 0.109 e. The number of rotatable bonds is 4. The SMILES string of the molecule is CC(NCc1ccc(C#N)cc1)c1nccs1. The highest BCUT2D eigenvalue weighted by molar-refractivity contribution is 7.09. The Morgan fingerprint density at radius 1 is 1.41 bits per heavy atom. The van der Waals surface area contributed by atoms with E-state index in [1.54, 1.807) is 11.3 Å². The normalized spacial score (nSPS) is 12.0. The number of nitriles is 1. The summed E-state index contributed by atoms with van der Waals surface area (Å²) in [4.78, 5) is 4.27. The average Bonchev–Trinajstić information content (AvgIpc) is 2.90. The lowest BCUT2D eigenvalue weighted by atomic mass is 10.1. The van der Waals surface area contributed by atoms with Gasteiger partial charge in [0.25, 0.3) is 0 Å². The first kappa shape index (κ1) is 11.8. The summed E-state index contributed by atoms with van der Waals surface area (Å²) in [6, 6.07) is 9.99. The largest absolute Gasteiger partial charge is 0.304 e. The molecule has 0 bridgehead atoms. The van der Waals surface area contributed by atoms with Gasteiger partial charge in [-0.1, -0.05) is 12.1 Å². The molecule has 17 heavy (non-hydrogen) atoms. The number of nitrogens with one attached hydrogen (secondary N) is 1. The van der Waals surface area contributed by atoms with Crippen molar-refractivity contribution in [3.63, 3.8) is 0 Å². The molecule has 1 aromatic carbocycles. The van der Waals surface area contributed by atoms with Gasteiger partial charge in [0.1, 0.15) is 5.01 Å². The first-order chi connectivity index (χ1) is 8.29. The molecule has 0 fully saturated rings. The van der Waals surface area contributed by atoms with Crippen LogP contribution in [0.1, 0.15) is 29.1 Å². The Kier molecular flexibility index (Phi) is 3.86. The molecule has 0 saturated heterocycles. The molecule has 1 atom stereocenters. The van der Waals surface area contributed by atoms with Gasteiger partial charge in [-0.3, -0.25) is 0 Å². The molecule has 3 nitrogen and oxygen atoms in total. The monoisotopic (exact) mass is 243 g/mol. The first-order valence-corrected chi connectivity index (χ1v) is 6.29. The number of hydrogen-bond acceptors (Lipinski definition) is 4. The number of hydrogen-bond donors (Lipinski definition) is 1. The van der Waals surface area contributed by atoms with Crippen LogP contribution in [-0.4, -0.2) is 4.98 Å². The lowest BCUT2D eigenvalue weighted by molar-refractivity contribution is 0.572. The molecular weight excluding hydrogens is 230 g/mol. The van der Waals surface area contributed by atoms with E-state index in [1.807, 2.05) is 35.8 Å². The van der Waals surface area contributed by atoms with E-state index in [4.69, 9.17) is 5.26 Å². The maximum atomic E-state index is 8.70. The lowest BCUT2D eigenvalue weighted by Gasteiger charge is -2.10. The van der Waals surface area contributed by atoms with E-state index in [-0.39, 0.29) is 6.04 Å². The van der Waals surface area contributed by atoms with E-state index in [9.17, 15) is 0 Å². The van der Waals surface area contributed by atoms with Crippen LogP contribution in [0, 0.1) is 11.3 Å². The topological polar surface area (TPSA) is 48.7 Å². The Bertz CT molecular complexity index is 496. The molecule has 0 aliphatic rings. The van der Waals surface area contributed by atoms with Crippen molar-refractivity contribution in [1.29, 1.82) is 5.26 Å². The summed E-state index contributed by atoms with van der Waals surface area (Å²) in [5, 5.41) is 15.2. The van der Waals surface area contributed by atoms with Crippen molar-refractivity contribution in [1.82, 2.24) is 10.3 Å². The molecule has 0 saturated carbocycles. The third kappa shape index (κ3) is 3.13. The Labute approximate surface area is 105 Å². The van der Waals surface area contributed by atoms with Crippen molar-refractivity contribution in [2.45, 2.75) is 19.5 Å². The van der Waals surface area contributed by atoms with Crippen LogP contribution >= 0.6 is 11.3 Å². The number of benzene rings is 1. The zero-order chi connectivity index (χ0) is 12.1. The predicted octanol–water partition coefficient (Wildman–Crippen LogP) is 2.87. The van der Waals surface area contributed by atoms with Crippen LogP contribution in [-0.2, 0) is 6.54 Å². The van der Waals surface area contributed by atoms with E-state index in [1.165, 1.54) is 5.56 Å². The van der Waals surface area contributed by atoms with Gasteiger partial charge in [-0.15, -0.1) is 11.3 Å². The molecule has 0 amide bonds. The molecule has 1 unspecified atom stereocenters. The quantitative estimate of drug-likeness (QED) is 0.898. The second-order valence-corrected chi connectivity index (χ2v) is 4.71. The molecule has 2 aromatic rings. The Hall–Kier alpha value is -1.70. The van der Waals surface area contributed by atoms with E-state index in [0.717, 1.165) is 11.6 Å². The van der Waals surface area contributed by atoms with Crippen LogP contribution < -0.4 is 5.32 Å². The molecule has 0 spiro atoms. The molecule has 86 valence electrons. The molecule has 4 heteroatoms. The van der Waals surface area contributed by atoms with Crippen molar-refractivity contribution in [2.75, 3.05) is 0 Å². The number of aromatic nitrogens is 1. The smallest absolute Gasteiger partial charge is 0.109 e. The standard InChI is InChI=1S/C13H13N3S/c1-10(13-15-6-7-17-13)16-9-12-4-2-11(8-14)3-5-12/h2-7,10,16H,9H2,1H3. The van der Waals surface area contributed by atoms with E-state index in [0.29, 0.717) is 5.56 Å². The Morgan fingerprint density at radius 2 is 2.18 bits per heavy atom. The minimum atomic E-state index is 0.255. The molecule has 2 rings (SSSR count). The number of nitrogens with zero attached hydrogens (tertiary/aromatic N) is 2. The summed E-state index contributed by atoms with van der Waals surface area (Å²) in [5.74, 6) is 0. The molecular formula is C13H13N3S. The Morgan fingerprint density at radius 3 is 2.76 bits per heavy atom. The zero-order valence-corrected chi connectivity index (χ0v) is 10.4. The predicted molar refractivity (Wildman–Crippen MR) is 68.5 cm³/mol. The summed E-state index contributed by atoms with van der Waals surface area (Å²) >= 11 is 1.66. The average molecular weight is 243 g/mol. The van der Waals surface area contributed by atoms with Crippen molar-refractivity contribution in [3.8, 4) is 6.07 Å². The van der Waals surface area contributed by atoms with Crippen molar-refractivity contribution in [3.05, 3.63) is 52.0 Å². The molecule has 0 aliphatic carbocycles. The van der Waals surface area contributed by atoms with Gasteiger partial charge in [-0.05, 0) is 24.6 Å². The molecule has 1 heterocycles. The second kappa shape index (κ2) is 5.58. The van der Waals surface area contributed by atoms with Crippen LogP contribution in [0.4, 0.5) is 0 Å². The highest BCUT2D eigenvalue weighted by Crippen LogP contribution is 2.15. The highest BCUT2D eigenvalue weighted by Gasteiger charge is 2.06. The fourth-order valence-electron chi connectivity index (χ4n) is 1.50.